The number of carbonyl (C=O) groups is 2. The summed E-state index contributed by atoms with van der Waals surface area (Å²) >= 11 is 0. The standard InChI is InChI=1S/C28H30N2O3/c1-18(2)15-26(27(31)29-20-10-8-9-19(3)16-20)30-28(32)33-17-25-23-13-6-4-11-21(23)22-12-5-7-14-24(22)25/h4-14,16,18,25-26H,15,17H2,1-3H3,(H,29,31)(H,30,32)/t26-/m0/s1. The Morgan fingerprint density at radius 2 is 1.55 bits per heavy atom. The van der Waals surface area contributed by atoms with Gasteiger partial charge in [0.15, 0.2) is 0 Å². The first kappa shape index (κ1) is 22.6. The zero-order chi connectivity index (χ0) is 23.4. The highest BCUT2D eigenvalue weighted by Crippen LogP contribution is 2.44. The van der Waals surface area contributed by atoms with Gasteiger partial charge in [-0.1, -0.05) is 74.5 Å². The molecule has 0 heterocycles. The van der Waals surface area contributed by atoms with E-state index in [0.29, 0.717) is 12.1 Å². The second kappa shape index (κ2) is 9.90. The molecule has 0 fully saturated rings. The molecule has 0 radical (unpaired) electrons. The predicted octanol–water partition coefficient (Wildman–Crippen LogP) is 5.89. The van der Waals surface area contributed by atoms with E-state index in [4.69, 9.17) is 4.74 Å². The molecule has 0 aliphatic heterocycles. The smallest absolute Gasteiger partial charge is 0.407 e. The third kappa shape index (κ3) is 5.25. The summed E-state index contributed by atoms with van der Waals surface area (Å²) in [7, 11) is 0. The summed E-state index contributed by atoms with van der Waals surface area (Å²) in [6.07, 6.45) is -0.0659. The fourth-order valence-electron chi connectivity index (χ4n) is 4.44. The molecule has 0 aromatic heterocycles. The Balaban J connectivity index is 1.42. The van der Waals surface area contributed by atoms with E-state index in [9.17, 15) is 9.59 Å². The van der Waals surface area contributed by atoms with Gasteiger partial charge in [0, 0.05) is 11.6 Å². The van der Waals surface area contributed by atoms with Gasteiger partial charge in [-0.25, -0.2) is 4.79 Å². The zero-order valence-electron chi connectivity index (χ0n) is 19.3. The highest BCUT2D eigenvalue weighted by molar-refractivity contribution is 5.96. The first-order chi connectivity index (χ1) is 15.9. The van der Waals surface area contributed by atoms with Crippen molar-refractivity contribution in [2.75, 3.05) is 11.9 Å². The molecule has 5 heteroatoms. The average Bonchev–Trinajstić information content (AvgIpc) is 3.11. The normalized spacial score (nSPS) is 13.2. The summed E-state index contributed by atoms with van der Waals surface area (Å²) < 4.78 is 5.64. The van der Waals surface area contributed by atoms with E-state index in [2.05, 4.69) is 34.9 Å². The summed E-state index contributed by atoms with van der Waals surface area (Å²) in [5, 5.41) is 5.69. The second-order valence-corrected chi connectivity index (χ2v) is 9.01. The van der Waals surface area contributed by atoms with Gasteiger partial charge in [0.05, 0.1) is 0 Å². The van der Waals surface area contributed by atoms with E-state index in [0.717, 1.165) is 16.7 Å². The fraction of sp³-hybridized carbons (Fsp3) is 0.286. The number of nitrogens with one attached hydrogen (secondary N) is 2. The first-order valence-electron chi connectivity index (χ1n) is 11.4. The van der Waals surface area contributed by atoms with E-state index >= 15 is 0 Å². The minimum absolute atomic E-state index is 0.0205. The number of benzene rings is 3. The van der Waals surface area contributed by atoms with Gasteiger partial charge in [0.2, 0.25) is 5.91 Å². The molecule has 4 rings (SSSR count). The number of alkyl carbamates (subject to hydrolysis) is 1. The van der Waals surface area contributed by atoms with Crippen LogP contribution in [0.2, 0.25) is 0 Å². The molecule has 0 bridgehead atoms. The Kier molecular flexibility index (Phi) is 6.78. The van der Waals surface area contributed by atoms with Crippen LogP contribution in [0, 0.1) is 12.8 Å². The van der Waals surface area contributed by atoms with Crippen LogP contribution in [-0.4, -0.2) is 24.6 Å². The number of aryl methyl sites for hydroxylation is 1. The quantitative estimate of drug-likeness (QED) is 0.480. The summed E-state index contributed by atoms with van der Waals surface area (Å²) in [6, 6.07) is 23.3. The highest BCUT2D eigenvalue weighted by Gasteiger charge is 2.30. The molecule has 33 heavy (non-hydrogen) atoms. The number of ether oxygens (including phenoxy) is 1. The lowest BCUT2D eigenvalue weighted by molar-refractivity contribution is -0.118. The van der Waals surface area contributed by atoms with Crippen molar-refractivity contribution in [1.29, 1.82) is 0 Å². The Morgan fingerprint density at radius 1 is 0.909 bits per heavy atom. The molecule has 3 aromatic rings. The van der Waals surface area contributed by atoms with Gasteiger partial charge in [0.1, 0.15) is 12.6 Å². The second-order valence-electron chi connectivity index (χ2n) is 9.01. The molecule has 5 nitrogen and oxygen atoms in total. The van der Waals surface area contributed by atoms with Crippen LogP contribution in [0.5, 0.6) is 0 Å². The van der Waals surface area contributed by atoms with Crippen molar-refractivity contribution < 1.29 is 14.3 Å². The van der Waals surface area contributed by atoms with E-state index in [1.54, 1.807) is 0 Å². The summed E-state index contributed by atoms with van der Waals surface area (Å²) in [6.45, 7) is 6.22. The molecule has 2 amide bonds. The van der Waals surface area contributed by atoms with Crippen molar-refractivity contribution in [2.45, 2.75) is 39.2 Å². The van der Waals surface area contributed by atoms with Crippen LogP contribution in [-0.2, 0) is 9.53 Å². The molecule has 1 aliphatic rings. The Hall–Kier alpha value is -3.60. The van der Waals surface area contributed by atoms with Crippen molar-refractivity contribution in [3.63, 3.8) is 0 Å². The van der Waals surface area contributed by atoms with Gasteiger partial charge < -0.3 is 15.4 Å². The number of rotatable bonds is 7. The topological polar surface area (TPSA) is 67.4 Å². The SMILES string of the molecule is Cc1cccc(NC(=O)[C@H](CC(C)C)NC(=O)OCC2c3ccccc3-c3ccccc32)c1. The van der Waals surface area contributed by atoms with Crippen LogP contribution in [0.3, 0.4) is 0 Å². The molecule has 0 unspecified atom stereocenters. The Morgan fingerprint density at radius 3 is 2.15 bits per heavy atom. The lowest BCUT2D eigenvalue weighted by Gasteiger charge is -2.21. The van der Waals surface area contributed by atoms with Crippen molar-refractivity contribution in [3.05, 3.63) is 89.5 Å². The minimum Gasteiger partial charge on any atom is -0.449 e. The summed E-state index contributed by atoms with van der Waals surface area (Å²) in [5.41, 5.74) is 6.43. The molecule has 0 saturated heterocycles. The van der Waals surface area contributed by atoms with Gasteiger partial charge in [-0.05, 0) is 59.2 Å². The van der Waals surface area contributed by atoms with E-state index < -0.39 is 12.1 Å². The zero-order valence-corrected chi connectivity index (χ0v) is 19.3. The van der Waals surface area contributed by atoms with Crippen molar-refractivity contribution in [2.24, 2.45) is 5.92 Å². The van der Waals surface area contributed by atoms with Crippen molar-refractivity contribution >= 4 is 17.7 Å². The van der Waals surface area contributed by atoms with Gasteiger partial charge in [-0.3, -0.25) is 4.79 Å². The van der Waals surface area contributed by atoms with Crippen LogP contribution in [0.4, 0.5) is 10.5 Å². The third-order valence-corrected chi connectivity index (χ3v) is 5.94. The third-order valence-electron chi connectivity index (χ3n) is 5.94. The lowest BCUT2D eigenvalue weighted by atomic mass is 9.98. The Bertz CT molecular complexity index is 1110. The predicted molar refractivity (Wildman–Crippen MR) is 131 cm³/mol. The Labute approximate surface area is 195 Å². The molecule has 1 aliphatic carbocycles. The molecule has 0 spiro atoms. The van der Waals surface area contributed by atoms with E-state index in [-0.39, 0.29) is 24.3 Å². The number of anilines is 1. The highest BCUT2D eigenvalue weighted by atomic mass is 16.5. The molecule has 2 N–H and O–H groups in total. The molecule has 170 valence electrons. The van der Waals surface area contributed by atoms with Gasteiger partial charge in [0.25, 0.3) is 0 Å². The molecule has 0 saturated carbocycles. The van der Waals surface area contributed by atoms with Crippen LogP contribution in [0.1, 0.15) is 42.9 Å². The fourth-order valence-corrected chi connectivity index (χ4v) is 4.44. The molecular weight excluding hydrogens is 412 g/mol. The number of fused-ring (bicyclic) bond motifs is 3. The number of carbonyl (C=O) groups excluding carboxylic acids is 2. The monoisotopic (exact) mass is 442 g/mol. The maximum absolute atomic E-state index is 12.9. The van der Waals surface area contributed by atoms with Crippen LogP contribution in [0.15, 0.2) is 72.8 Å². The van der Waals surface area contributed by atoms with Crippen molar-refractivity contribution in [3.8, 4) is 11.1 Å². The summed E-state index contributed by atoms with van der Waals surface area (Å²) in [4.78, 5) is 25.6. The van der Waals surface area contributed by atoms with Crippen LogP contribution >= 0.6 is 0 Å². The lowest BCUT2D eigenvalue weighted by Crippen LogP contribution is -2.45. The maximum Gasteiger partial charge on any atom is 0.407 e. The molecular formula is C28H30N2O3. The summed E-state index contributed by atoms with van der Waals surface area (Å²) in [5.74, 6) is -0.0391. The maximum atomic E-state index is 12.9. The van der Waals surface area contributed by atoms with Gasteiger partial charge in [-0.15, -0.1) is 0 Å². The van der Waals surface area contributed by atoms with E-state index in [1.165, 1.54) is 11.1 Å². The van der Waals surface area contributed by atoms with Crippen LogP contribution < -0.4 is 10.6 Å². The van der Waals surface area contributed by atoms with Crippen molar-refractivity contribution in [1.82, 2.24) is 5.32 Å². The number of hydrogen-bond acceptors (Lipinski definition) is 3. The van der Waals surface area contributed by atoms with Crippen LogP contribution in [0.25, 0.3) is 11.1 Å². The largest absolute Gasteiger partial charge is 0.449 e. The molecule has 1 atom stereocenters. The average molecular weight is 443 g/mol. The number of hydrogen-bond donors (Lipinski definition) is 2. The number of amides is 2. The molecule has 3 aromatic carbocycles. The first-order valence-corrected chi connectivity index (χ1v) is 11.4. The van der Waals surface area contributed by atoms with Gasteiger partial charge in [-0.2, -0.15) is 0 Å². The van der Waals surface area contributed by atoms with Gasteiger partial charge >= 0.3 is 6.09 Å². The minimum atomic E-state index is -0.679. The van der Waals surface area contributed by atoms with E-state index in [1.807, 2.05) is 69.3 Å².